The molecule has 0 spiro atoms. The van der Waals surface area contributed by atoms with Gasteiger partial charge < -0.3 is 25.4 Å². The van der Waals surface area contributed by atoms with Crippen LogP contribution in [0.25, 0.3) is 0 Å². The first-order valence-corrected chi connectivity index (χ1v) is 7.66. The Kier molecular flexibility index (Phi) is 9.27. The van der Waals surface area contributed by atoms with Gasteiger partial charge in [0.05, 0.1) is 25.8 Å². The van der Waals surface area contributed by atoms with Gasteiger partial charge in [0.1, 0.15) is 5.75 Å². The van der Waals surface area contributed by atoms with Crippen LogP contribution in [0.3, 0.4) is 0 Å². The van der Waals surface area contributed by atoms with Crippen LogP contribution >= 0.6 is 24.0 Å². The smallest absolute Gasteiger partial charge is 0.189 e. The van der Waals surface area contributed by atoms with Crippen LogP contribution in [0.2, 0.25) is 0 Å². The van der Waals surface area contributed by atoms with Gasteiger partial charge in [-0.1, -0.05) is 18.2 Å². The SMILES string of the molecule is COCCN(C)CCN=C(N)NC1CCOc2ccccc21.I. The Morgan fingerprint density at radius 3 is 3.00 bits per heavy atom. The van der Waals surface area contributed by atoms with E-state index in [2.05, 4.69) is 21.3 Å². The van der Waals surface area contributed by atoms with Crippen molar-refractivity contribution in [2.24, 2.45) is 10.7 Å². The Labute approximate surface area is 155 Å². The second-order valence-electron chi connectivity index (χ2n) is 5.43. The third-order valence-corrected chi connectivity index (χ3v) is 3.72. The Hall–Kier alpha value is -1.06. The fraction of sp³-hybridized carbons (Fsp3) is 0.562. The first kappa shape index (κ1) is 20.0. The van der Waals surface area contributed by atoms with E-state index in [1.54, 1.807) is 7.11 Å². The second kappa shape index (κ2) is 10.7. The van der Waals surface area contributed by atoms with Crippen molar-refractivity contribution in [3.8, 4) is 5.75 Å². The van der Waals surface area contributed by atoms with Crippen LogP contribution in [0.4, 0.5) is 0 Å². The van der Waals surface area contributed by atoms with E-state index in [1.807, 2.05) is 25.2 Å². The number of nitrogens with one attached hydrogen (secondary N) is 1. The lowest BCUT2D eigenvalue weighted by Gasteiger charge is -2.27. The number of guanidine groups is 1. The van der Waals surface area contributed by atoms with E-state index in [4.69, 9.17) is 15.2 Å². The molecule has 23 heavy (non-hydrogen) atoms. The number of nitrogens with zero attached hydrogens (tertiary/aromatic N) is 2. The molecule has 7 heteroatoms. The predicted molar refractivity (Wildman–Crippen MR) is 104 cm³/mol. The van der Waals surface area contributed by atoms with Gasteiger partial charge in [-0.25, -0.2) is 0 Å². The molecular weight excluding hydrogens is 407 g/mol. The summed E-state index contributed by atoms with van der Waals surface area (Å²) in [5, 5.41) is 3.30. The number of rotatable bonds is 7. The summed E-state index contributed by atoms with van der Waals surface area (Å²) in [5.41, 5.74) is 7.15. The molecule has 1 atom stereocenters. The minimum absolute atomic E-state index is 0. The van der Waals surface area contributed by atoms with Gasteiger partial charge in [-0.3, -0.25) is 4.99 Å². The lowest BCUT2D eigenvalue weighted by molar-refractivity contribution is 0.163. The molecule has 1 unspecified atom stereocenters. The number of fused-ring (bicyclic) bond motifs is 1. The minimum atomic E-state index is 0. The molecule has 1 aromatic carbocycles. The van der Waals surface area contributed by atoms with E-state index in [-0.39, 0.29) is 30.0 Å². The molecule has 0 saturated carbocycles. The van der Waals surface area contributed by atoms with E-state index in [9.17, 15) is 0 Å². The third-order valence-electron chi connectivity index (χ3n) is 3.72. The lowest BCUT2D eigenvalue weighted by Crippen LogP contribution is -2.38. The van der Waals surface area contributed by atoms with Gasteiger partial charge in [0, 0.05) is 32.2 Å². The fourth-order valence-corrected chi connectivity index (χ4v) is 2.42. The topological polar surface area (TPSA) is 72.1 Å². The summed E-state index contributed by atoms with van der Waals surface area (Å²) in [4.78, 5) is 6.57. The molecule has 1 aliphatic heterocycles. The quantitative estimate of drug-likeness (QED) is 0.388. The van der Waals surface area contributed by atoms with Crippen molar-refractivity contribution in [2.45, 2.75) is 12.5 Å². The largest absolute Gasteiger partial charge is 0.493 e. The Bertz CT molecular complexity index is 499. The van der Waals surface area contributed by atoms with Gasteiger partial charge in [-0.05, 0) is 13.1 Å². The standard InChI is InChI=1S/C16H26N4O2.HI/c1-20(10-12-21-2)9-8-18-16(17)19-14-7-11-22-15-6-4-3-5-13(14)15;/h3-6,14H,7-12H2,1-2H3,(H3,17,18,19);1H. The fourth-order valence-electron chi connectivity index (χ4n) is 2.42. The summed E-state index contributed by atoms with van der Waals surface area (Å²) in [5.74, 6) is 1.42. The first-order chi connectivity index (χ1) is 10.7. The zero-order chi connectivity index (χ0) is 15.8. The van der Waals surface area contributed by atoms with Crippen LogP contribution in [0.5, 0.6) is 5.75 Å². The molecule has 1 aliphatic rings. The second-order valence-corrected chi connectivity index (χ2v) is 5.43. The van der Waals surface area contributed by atoms with Crippen molar-refractivity contribution in [2.75, 3.05) is 47.0 Å². The molecule has 2 rings (SSSR count). The summed E-state index contributed by atoms with van der Waals surface area (Å²) < 4.78 is 10.7. The van der Waals surface area contributed by atoms with Gasteiger partial charge >= 0.3 is 0 Å². The van der Waals surface area contributed by atoms with E-state index in [0.717, 1.165) is 37.4 Å². The Balaban J connectivity index is 0.00000264. The molecule has 0 radical (unpaired) electrons. The predicted octanol–water partition coefficient (Wildman–Crippen LogP) is 1.61. The average molecular weight is 434 g/mol. The molecule has 6 nitrogen and oxygen atoms in total. The number of nitrogens with two attached hydrogens (primary N) is 1. The van der Waals surface area contributed by atoms with Gasteiger partial charge in [0.25, 0.3) is 0 Å². The highest BCUT2D eigenvalue weighted by molar-refractivity contribution is 14.0. The number of methoxy groups -OCH3 is 1. The maximum absolute atomic E-state index is 6.00. The molecule has 1 aromatic rings. The number of aliphatic imine (C=N–C) groups is 1. The summed E-state index contributed by atoms with van der Waals surface area (Å²) >= 11 is 0. The molecule has 0 saturated heterocycles. The summed E-state index contributed by atoms with van der Waals surface area (Å²) in [7, 11) is 3.76. The van der Waals surface area contributed by atoms with Crippen LogP contribution in [0.15, 0.2) is 29.3 Å². The number of ether oxygens (including phenoxy) is 2. The molecule has 1 heterocycles. The molecule has 0 aromatic heterocycles. The number of likely N-dealkylation sites (N-methyl/N-ethyl adjacent to an activating group) is 1. The number of halogens is 1. The monoisotopic (exact) mass is 434 g/mol. The maximum Gasteiger partial charge on any atom is 0.189 e. The molecule has 130 valence electrons. The number of benzene rings is 1. The van der Waals surface area contributed by atoms with Crippen LogP contribution in [0, 0.1) is 0 Å². The van der Waals surface area contributed by atoms with E-state index in [1.165, 1.54) is 0 Å². The van der Waals surface area contributed by atoms with Gasteiger partial charge in [0.2, 0.25) is 0 Å². The first-order valence-electron chi connectivity index (χ1n) is 7.66. The van der Waals surface area contributed by atoms with Crippen LogP contribution in [0.1, 0.15) is 18.0 Å². The molecule has 0 aliphatic carbocycles. The highest BCUT2D eigenvalue weighted by atomic mass is 127. The van der Waals surface area contributed by atoms with E-state index < -0.39 is 0 Å². The summed E-state index contributed by atoms with van der Waals surface area (Å²) in [6, 6.07) is 8.22. The molecular formula is C16H27IN4O2. The van der Waals surface area contributed by atoms with Crippen molar-refractivity contribution < 1.29 is 9.47 Å². The number of para-hydroxylation sites is 1. The summed E-state index contributed by atoms with van der Waals surface area (Å²) in [6.07, 6.45) is 0.890. The van der Waals surface area contributed by atoms with Crippen molar-refractivity contribution in [3.05, 3.63) is 29.8 Å². The average Bonchev–Trinajstić information content (AvgIpc) is 2.53. The normalized spacial score (nSPS) is 17.2. The zero-order valence-corrected chi connectivity index (χ0v) is 16.2. The lowest BCUT2D eigenvalue weighted by atomic mass is 10.0. The molecule has 3 N–H and O–H groups in total. The van der Waals surface area contributed by atoms with Crippen molar-refractivity contribution in [1.29, 1.82) is 0 Å². The van der Waals surface area contributed by atoms with Gasteiger partial charge in [-0.15, -0.1) is 24.0 Å². The highest BCUT2D eigenvalue weighted by Crippen LogP contribution is 2.31. The van der Waals surface area contributed by atoms with Crippen molar-refractivity contribution >= 4 is 29.9 Å². The van der Waals surface area contributed by atoms with E-state index in [0.29, 0.717) is 19.1 Å². The third kappa shape index (κ3) is 6.52. The van der Waals surface area contributed by atoms with Gasteiger partial charge in [0.15, 0.2) is 5.96 Å². The highest BCUT2D eigenvalue weighted by Gasteiger charge is 2.21. The Morgan fingerprint density at radius 1 is 1.43 bits per heavy atom. The minimum Gasteiger partial charge on any atom is -0.493 e. The summed E-state index contributed by atoms with van der Waals surface area (Å²) in [6.45, 7) is 3.85. The zero-order valence-electron chi connectivity index (χ0n) is 13.8. The number of hydrogen-bond donors (Lipinski definition) is 2. The maximum atomic E-state index is 6.00. The van der Waals surface area contributed by atoms with Gasteiger partial charge in [-0.2, -0.15) is 0 Å². The number of hydrogen-bond acceptors (Lipinski definition) is 4. The van der Waals surface area contributed by atoms with Crippen molar-refractivity contribution in [1.82, 2.24) is 10.2 Å². The molecule has 0 fully saturated rings. The van der Waals surface area contributed by atoms with Crippen molar-refractivity contribution in [3.63, 3.8) is 0 Å². The molecule has 0 amide bonds. The van der Waals surface area contributed by atoms with E-state index >= 15 is 0 Å². The van der Waals surface area contributed by atoms with Crippen LogP contribution in [-0.4, -0.2) is 57.9 Å². The molecule has 0 bridgehead atoms. The van der Waals surface area contributed by atoms with Crippen LogP contribution < -0.4 is 15.8 Å². The van der Waals surface area contributed by atoms with Crippen LogP contribution in [-0.2, 0) is 4.74 Å². The Morgan fingerprint density at radius 2 is 2.22 bits per heavy atom.